The molecule has 0 unspecified atom stereocenters. The van der Waals surface area contributed by atoms with Crippen LogP contribution in [-0.2, 0) is 24.4 Å². The topological polar surface area (TPSA) is 105 Å². The Morgan fingerprint density at radius 3 is 2.74 bits per heavy atom. The minimum absolute atomic E-state index is 0.0702. The number of carbonyl (C=O) groups excluding carboxylic acids is 2. The van der Waals surface area contributed by atoms with Gasteiger partial charge in [0, 0.05) is 25.3 Å². The van der Waals surface area contributed by atoms with Gasteiger partial charge in [-0.15, -0.1) is 0 Å². The van der Waals surface area contributed by atoms with Crippen molar-refractivity contribution in [1.82, 2.24) is 24.6 Å². The number of nitrogens with one attached hydrogen (secondary N) is 1. The van der Waals surface area contributed by atoms with Crippen molar-refractivity contribution < 1.29 is 14.3 Å². The van der Waals surface area contributed by atoms with Crippen LogP contribution in [0.1, 0.15) is 67.8 Å². The average Bonchev–Trinajstić information content (AvgIpc) is 3.34. The molecule has 3 aliphatic rings. The van der Waals surface area contributed by atoms with Gasteiger partial charge in [-0.25, -0.2) is 14.8 Å². The largest absolute Gasteiger partial charge is 0.444 e. The second-order valence-electron chi connectivity index (χ2n) is 11.4. The lowest BCUT2D eigenvalue weighted by Gasteiger charge is -2.30. The molecule has 200 valence electrons. The number of fused-ring (bicyclic) bond motifs is 2. The number of rotatable bonds is 5. The number of amides is 2. The first-order valence-electron chi connectivity index (χ1n) is 13.2. The predicted octanol–water partition coefficient (Wildman–Crippen LogP) is 4.83. The molecule has 1 fully saturated rings. The minimum atomic E-state index is -0.602. The van der Waals surface area contributed by atoms with Crippen LogP contribution in [0, 0.1) is 12.8 Å². The number of aromatic nitrogens is 4. The number of aryl methyl sites for hydroxylation is 1. The maximum absolute atomic E-state index is 13.8. The van der Waals surface area contributed by atoms with Crippen LogP contribution in [0.3, 0.4) is 0 Å². The quantitative estimate of drug-likeness (QED) is 0.499. The Morgan fingerprint density at radius 2 is 2.00 bits per heavy atom. The van der Waals surface area contributed by atoms with E-state index in [-0.39, 0.29) is 11.9 Å². The molecular weight excluding hydrogens is 502 g/mol. The Kier molecular flexibility index (Phi) is 5.93. The van der Waals surface area contributed by atoms with Gasteiger partial charge in [-0.1, -0.05) is 11.3 Å². The van der Waals surface area contributed by atoms with E-state index in [0.29, 0.717) is 29.7 Å². The van der Waals surface area contributed by atoms with E-state index in [1.807, 2.05) is 55.6 Å². The van der Waals surface area contributed by atoms with Crippen molar-refractivity contribution in [3.8, 4) is 10.6 Å². The van der Waals surface area contributed by atoms with Gasteiger partial charge in [0.1, 0.15) is 11.4 Å². The summed E-state index contributed by atoms with van der Waals surface area (Å²) in [6, 6.07) is 4.26. The van der Waals surface area contributed by atoms with Crippen molar-refractivity contribution in [2.75, 3.05) is 16.8 Å². The van der Waals surface area contributed by atoms with Crippen molar-refractivity contribution in [3.05, 3.63) is 40.8 Å². The Hall–Kier alpha value is -3.47. The number of thiazole rings is 1. The molecule has 38 heavy (non-hydrogen) atoms. The third kappa shape index (κ3) is 4.63. The van der Waals surface area contributed by atoms with Crippen LogP contribution >= 0.6 is 11.3 Å². The van der Waals surface area contributed by atoms with Crippen LogP contribution < -0.4 is 10.2 Å². The summed E-state index contributed by atoms with van der Waals surface area (Å²) in [4.78, 5) is 40.8. The van der Waals surface area contributed by atoms with Crippen LogP contribution in [0.5, 0.6) is 0 Å². The normalized spacial score (nSPS) is 17.9. The summed E-state index contributed by atoms with van der Waals surface area (Å²) in [7, 11) is 0. The standard InChI is InChI=1S/C27H33N7O3S/c1-15-22(38-25(29-15)31-26(36)37-27(3,4)5)20-12-18-13-33(16(2)17-6-7-17)24(35)21(18)23(30-20)32-10-11-34-19(14-32)8-9-28-34/h8-9,12,16-17H,6-7,10-11,13-14H2,1-5H3,(H,29,31,36)/t16-/m0/s1. The fourth-order valence-electron chi connectivity index (χ4n) is 5.29. The number of pyridine rings is 1. The highest BCUT2D eigenvalue weighted by Crippen LogP contribution is 2.42. The summed E-state index contributed by atoms with van der Waals surface area (Å²) >= 11 is 1.36. The summed E-state index contributed by atoms with van der Waals surface area (Å²) in [5, 5.41) is 7.61. The molecule has 3 aromatic rings. The van der Waals surface area contributed by atoms with Crippen molar-refractivity contribution in [3.63, 3.8) is 0 Å². The number of hydrogen-bond donors (Lipinski definition) is 1. The van der Waals surface area contributed by atoms with E-state index in [9.17, 15) is 9.59 Å². The highest BCUT2D eigenvalue weighted by Gasteiger charge is 2.41. The van der Waals surface area contributed by atoms with Gasteiger partial charge >= 0.3 is 6.09 Å². The lowest BCUT2D eigenvalue weighted by atomic mass is 10.1. The van der Waals surface area contributed by atoms with Gasteiger partial charge in [-0.3, -0.25) is 14.8 Å². The second kappa shape index (κ2) is 9.07. The van der Waals surface area contributed by atoms with Crippen LogP contribution in [0.25, 0.3) is 10.6 Å². The first-order valence-corrected chi connectivity index (χ1v) is 14.0. The van der Waals surface area contributed by atoms with Gasteiger partial charge in [-0.05, 0) is 71.1 Å². The Morgan fingerprint density at radius 1 is 1.21 bits per heavy atom. The molecular formula is C27H33N7O3S. The van der Waals surface area contributed by atoms with Crippen molar-refractivity contribution in [1.29, 1.82) is 0 Å². The summed E-state index contributed by atoms with van der Waals surface area (Å²) in [5.41, 5.74) is 3.74. The van der Waals surface area contributed by atoms with Crippen LogP contribution in [0.2, 0.25) is 0 Å². The molecule has 0 saturated heterocycles. The predicted molar refractivity (Wildman–Crippen MR) is 145 cm³/mol. The zero-order valence-electron chi connectivity index (χ0n) is 22.4. The van der Waals surface area contributed by atoms with Crippen LogP contribution in [-0.4, -0.2) is 54.8 Å². The molecule has 1 saturated carbocycles. The summed E-state index contributed by atoms with van der Waals surface area (Å²) in [5.74, 6) is 1.37. The van der Waals surface area contributed by atoms with Gasteiger partial charge in [-0.2, -0.15) is 5.10 Å². The molecule has 1 N–H and O–H groups in total. The molecule has 0 spiro atoms. The highest BCUT2D eigenvalue weighted by molar-refractivity contribution is 7.19. The van der Waals surface area contributed by atoms with Gasteiger partial charge < -0.3 is 14.5 Å². The number of anilines is 2. The molecule has 0 aromatic carbocycles. The van der Waals surface area contributed by atoms with Gasteiger partial charge in [0.15, 0.2) is 5.13 Å². The van der Waals surface area contributed by atoms with E-state index in [1.165, 1.54) is 24.2 Å². The molecule has 0 bridgehead atoms. The Bertz CT molecular complexity index is 1420. The second-order valence-corrected chi connectivity index (χ2v) is 12.4. The SMILES string of the molecule is Cc1nc(NC(=O)OC(C)(C)C)sc1-c1cc2c(c(N3CCn4nccc4C3)n1)C(=O)N([C@@H](C)C1CC1)C2. The molecule has 1 aliphatic carbocycles. The number of nitrogens with zero attached hydrogens (tertiary/aromatic N) is 6. The molecule has 2 aliphatic heterocycles. The molecule has 2 amide bonds. The third-order valence-electron chi connectivity index (χ3n) is 7.37. The van der Waals surface area contributed by atoms with Crippen molar-refractivity contribution in [2.45, 2.75) is 78.7 Å². The van der Waals surface area contributed by atoms with Gasteiger partial charge in [0.2, 0.25) is 0 Å². The average molecular weight is 536 g/mol. The minimum Gasteiger partial charge on any atom is -0.444 e. The highest BCUT2D eigenvalue weighted by atomic mass is 32.1. The first kappa shape index (κ1) is 24.8. The summed E-state index contributed by atoms with van der Waals surface area (Å²) in [6.07, 6.45) is 3.64. The first-order chi connectivity index (χ1) is 18.1. The van der Waals surface area contributed by atoms with E-state index < -0.39 is 11.7 Å². The summed E-state index contributed by atoms with van der Waals surface area (Å²) < 4.78 is 7.40. The zero-order chi connectivity index (χ0) is 26.8. The lowest BCUT2D eigenvalue weighted by Crippen LogP contribution is -2.37. The number of hydrogen-bond acceptors (Lipinski definition) is 8. The van der Waals surface area contributed by atoms with E-state index in [1.54, 1.807) is 0 Å². The third-order valence-corrected chi connectivity index (χ3v) is 8.46. The lowest BCUT2D eigenvalue weighted by molar-refractivity contribution is 0.0634. The Labute approximate surface area is 226 Å². The molecule has 0 radical (unpaired) electrons. The fraction of sp³-hybridized carbons (Fsp3) is 0.519. The molecule has 1 atom stereocenters. The summed E-state index contributed by atoms with van der Waals surface area (Å²) in [6.45, 7) is 12.2. The van der Waals surface area contributed by atoms with E-state index in [0.717, 1.165) is 46.4 Å². The Balaban J connectivity index is 1.37. The van der Waals surface area contributed by atoms with Crippen molar-refractivity contribution >= 4 is 34.3 Å². The number of carbonyl (C=O) groups is 2. The molecule has 11 heteroatoms. The van der Waals surface area contributed by atoms with E-state index in [2.05, 4.69) is 27.2 Å². The van der Waals surface area contributed by atoms with E-state index >= 15 is 0 Å². The molecule has 10 nitrogen and oxygen atoms in total. The maximum Gasteiger partial charge on any atom is 0.413 e. The smallest absolute Gasteiger partial charge is 0.413 e. The zero-order valence-corrected chi connectivity index (χ0v) is 23.3. The molecule has 6 rings (SSSR count). The van der Waals surface area contributed by atoms with Crippen molar-refractivity contribution in [2.24, 2.45) is 5.92 Å². The maximum atomic E-state index is 13.8. The van der Waals surface area contributed by atoms with Crippen LogP contribution in [0.15, 0.2) is 18.3 Å². The molecule has 5 heterocycles. The molecule has 3 aromatic heterocycles. The number of ether oxygens (including phenoxy) is 1. The van der Waals surface area contributed by atoms with Gasteiger partial charge in [0.05, 0.1) is 40.6 Å². The fourth-order valence-corrected chi connectivity index (χ4v) is 6.20. The monoisotopic (exact) mass is 535 g/mol. The van der Waals surface area contributed by atoms with Crippen LogP contribution in [0.4, 0.5) is 15.7 Å². The van der Waals surface area contributed by atoms with E-state index in [4.69, 9.17) is 9.72 Å². The van der Waals surface area contributed by atoms with Gasteiger partial charge in [0.25, 0.3) is 5.91 Å².